The number of nitrogens with zero attached hydrogens (tertiary/aromatic N) is 1. The summed E-state index contributed by atoms with van der Waals surface area (Å²) < 4.78 is 5.50. The zero-order valence-corrected chi connectivity index (χ0v) is 16.6. The topological polar surface area (TPSA) is 50.7 Å². The Morgan fingerprint density at radius 3 is 2.27 bits per heavy atom. The summed E-state index contributed by atoms with van der Waals surface area (Å²) in [6.07, 6.45) is 1.61. The number of halogens is 1. The number of hydrazone groups is 1. The van der Waals surface area contributed by atoms with Crippen LogP contribution in [-0.2, 0) is 10.2 Å². The second kappa shape index (κ2) is 8.37. The second-order valence-electron chi connectivity index (χ2n) is 7.32. The summed E-state index contributed by atoms with van der Waals surface area (Å²) in [5, 5.41) is 4.68. The lowest BCUT2D eigenvalue weighted by Crippen LogP contribution is -2.24. The number of aryl methyl sites for hydroxylation is 2. The molecular formula is C21H25ClN2O2. The van der Waals surface area contributed by atoms with E-state index in [0.29, 0.717) is 10.8 Å². The number of benzene rings is 2. The molecule has 4 nitrogen and oxygen atoms in total. The number of amides is 1. The normalized spacial score (nSPS) is 11.6. The molecule has 0 aliphatic rings. The average Bonchev–Trinajstić information content (AvgIpc) is 2.57. The molecule has 0 fully saturated rings. The first-order valence-corrected chi connectivity index (χ1v) is 8.86. The van der Waals surface area contributed by atoms with Crippen LogP contribution in [0.15, 0.2) is 41.5 Å². The highest BCUT2D eigenvalue weighted by molar-refractivity contribution is 6.32. The second-order valence-corrected chi connectivity index (χ2v) is 7.70. The molecule has 0 heterocycles. The lowest BCUT2D eigenvalue weighted by molar-refractivity contribution is -0.123. The first-order valence-electron chi connectivity index (χ1n) is 8.49. The number of ether oxygens (including phenoxy) is 1. The van der Waals surface area contributed by atoms with Gasteiger partial charge in [-0.3, -0.25) is 4.79 Å². The fourth-order valence-electron chi connectivity index (χ4n) is 2.42. The molecule has 0 saturated heterocycles. The molecule has 26 heavy (non-hydrogen) atoms. The first kappa shape index (κ1) is 20.0. The molecule has 2 aromatic carbocycles. The smallest absolute Gasteiger partial charge is 0.277 e. The van der Waals surface area contributed by atoms with Crippen LogP contribution in [0, 0.1) is 13.8 Å². The monoisotopic (exact) mass is 372 g/mol. The van der Waals surface area contributed by atoms with Crippen LogP contribution >= 0.6 is 11.6 Å². The van der Waals surface area contributed by atoms with Gasteiger partial charge in [-0.1, -0.05) is 56.6 Å². The molecule has 0 aliphatic carbocycles. The van der Waals surface area contributed by atoms with Gasteiger partial charge in [-0.05, 0) is 53.6 Å². The summed E-state index contributed by atoms with van der Waals surface area (Å²) in [6, 6.07) is 11.7. The zero-order valence-electron chi connectivity index (χ0n) is 15.9. The summed E-state index contributed by atoms with van der Waals surface area (Å²) >= 11 is 6.12. The number of nitrogens with one attached hydrogen (secondary N) is 1. The SMILES string of the molecule is Cc1cc(OCC(=O)N/N=C/c2ccc(C(C)(C)C)cc2)cc(C)c1Cl. The minimum atomic E-state index is -0.321. The van der Waals surface area contributed by atoms with Crippen molar-refractivity contribution in [2.24, 2.45) is 5.10 Å². The Bertz CT molecular complexity index is 783. The van der Waals surface area contributed by atoms with Gasteiger partial charge in [0.05, 0.1) is 6.21 Å². The molecule has 2 rings (SSSR count). The van der Waals surface area contributed by atoms with Crippen molar-refractivity contribution in [1.82, 2.24) is 5.43 Å². The Morgan fingerprint density at radius 2 is 1.73 bits per heavy atom. The Labute approximate surface area is 160 Å². The summed E-state index contributed by atoms with van der Waals surface area (Å²) in [5.41, 5.74) is 6.58. The van der Waals surface area contributed by atoms with Gasteiger partial charge in [0.25, 0.3) is 5.91 Å². The summed E-state index contributed by atoms with van der Waals surface area (Å²) in [6.45, 7) is 10.2. The van der Waals surface area contributed by atoms with E-state index in [0.717, 1.165) is 16.7 Å². The summed E-state index contributed by atoms with van der Waals surface area (Å²) in [4.78, 5) is 11.9. The number of carbonyl (C=O) groups excluding carboxylic acids is 1. The quantitative estimate of drug-likeness (QED) is 0.606. The minimum absolute atomic E-state index is 0.110. The van der Waals surface area contributed by atoms with Crippen molar-refractivity contribution < 1.29 is 9.53 Å². The maximum Gasteiger partial charge on any atom is 0.277 e. The Kier molecular flexibility index (Phi) is 6.43. The van der Waals surface area contributed by atoms with Crippen LogP contribution in [0.2, 0.25) is 5.02 Å². The van der Waals surface area contributed by atoms with Crippen LogP contribution in [0.5, 0.6) is 5.75 Å². The molecule has 138 valence electrons. The van der Waals surface area contributed by atoms with E-state index < -0.39 is 0 Å². The highest BCUT2D eigenvalue weighted by Crippen LogP contribution is 2.25. The highest BCUT2D eigenvalue weighted by Gasteiger charge is 2.12. The molecule has 2 aromatic rings. The highest BCUT2D eigenvalue weighted by atomic mass is 35.5. The predicted octanol–water partition coefficient (Wildman–Crippen LogP) is 4.78. The van der Waals surface area contributed by atoms with Crippen molar-refractivity contribution in [2.45, 2.75) is 40.0 Å². The van der Waals surface area contributed by atoms with Gasteiger partial charge in [0.1, 0.15) is 5.75 Å². The van der Waals surface area contributed by atoms with Gasteiger partial charge in [-0.2, -0.15) is 5.10 Å². The molecule has 0 spiro atoms. The molecule has 0 saturated carbocycles. The first-order chi connectivity index (χ1) is 12.2. The van der Waals surface area contributed by atoms with E-state index in [4.69, 9.17) is 16.3 Å². The molecule has 0 atom stereocenters. The minimum Gasteiger partial charge on any atom is -0.484 e. The van der Waals surface area contributed by atoms with E-state index in [2.05, 4.69) is 43.4 Å². The van der Waals surface area contributed by atoms with Crippen LogP contribution < -0.4 is 10.2 Å². The van der Waals surface area contributed by atoms with Crippen molar-refractivity contribution >= 4 is 23.7 Å². The average molecular weight is 373 g/mol. The molecule has 5 heteroatoms. The molecule has 0 radical (unpaired) electrons. The largest absolute Gasteiger partial charge is 0.484 e. The number of hydrogen-bond donors (Lipinski definition) is 1. The lowest BCUT2D eigenvalue weighted by Gasteiger charge is -2.18. The fourth-order valence-corrected chi connectivity index (χ4v) is 2.53. The Morgan fingerprint density at radius 1 is 1.15 bits per heavy atom. The molecule has 1 amide bonds. The fraction of sp³-hybridized carbons (Fsp3) is 0.333. The third-order valence-corrected chi connectivity index (χ3v) is 4.56. The number of hydrogen-bond acceptors (Lipinski definition) is 3. The van der Waals surface area contributed by atoms with E-state index in [1.807, 2.05) is 38.1 Å². The molecule has 1 N–H and O–H groups in total. The van der Waals surface area contributed by atoms with E-state index in [9.17, 15) is 4.79 Å². The van der Waals surface area contributed by atoms with Gasteiger partial charge in [-0.15, -0.1) is 0 Å². The van der Waals surface area contributed by atoms with Gasteiger partial charge in [0.15, 0.2) is 6.61 Å². The van der Waals surface area contributed by atoms with E-state index in [-0.39, 0.29) is 17.9 Å². The lowest BCUT2D eigenvalue weighted by atomic mass is 9.87. The van der Waals surface area contributed by atoms with Crippen molar-refractivity contribution in [2.75, 3.05) is 6.61 Å². The van der Waals surface area contributed by atoms with Gasteiger partial charge in [0.2, 0.25) is 0 Å². The van der Waals surface area contributed by atoms with Crippen LogP contribution in [0.3, 0.4) is 0 Å². The van der Waals surface area contributed by atoms with Crippen molar-refractivity contribution in [1.29, 1.82) is 0 Å². The van der Waals surface area contributed by atoms with Gasteiger partial charge < -0.3 is 4.74 Å². The van der Waals surface area contributed by atoms with Crippen LogP contribution in [0.4, 0.5) is 0 Å². The van der Waals surface area contributed by atoms with E-state index in [1.165, 1.54) is 5.56 Å². The van der Waals surface area contributed by atoms with Crippen molar-refractivity contribution in [3.05, 3.63) is 63.7 Å². The van der Waals surface area contributed by atoms with Crippen LogP contribution in [0.25, 0.3) is 0 Å². The molecular weight excluding hydrogens is 348 g/mol. The summed E-state index contributed by atoms with van der Waals surface area (Å²) in [5.74, 6) is 0.291. The number of rotatable bonds is 5. The van der Waals surface area contributed by atoms with Crippen LogP contribution in [-0.4, -0.2) is 18.7 Å². The Balaban J connectivity index is 1.86. The predicted molar refractivity (Wildman–Crippen MR) is 107 cm³/mol. The maximum atomic E-state index is 11.9. The molecule has 0 aliphatic heterocycles. The standard InChI is InChI=1S/C21H25ClN2O2/c1-14-10-18(11-15(2)20(14)22)26-13-19(25)24-23-12-16-6-8-17(9-7-16)21(3,4)5/h6-12H,13H2,1-5H3,(H,24,25)/b23-12+. The zero-order chi connectivity index (χ0) is 19.3. The third kappa shape index (κ3) is 5.60. The summed E-state index contributed by atoms with van der Waals surface area (Å²) in [7, 11) is 0. The third-order valence-electron chi connectivity index (χ3n) is 3.96. The molecule has 0 unspecified atom stereocenters. The van der Waals surface area contributed by atoms with Gasteiger partial charge in [-0.25, -0.2) is 5.43 Å². The van der Waals surface area contributed by atoms with Gasteiger partial charge >= 0.3 is 0 Å². The van der Waals surface area contributed by atoms with E-state index in [1.54, 1.807) is 6.21 Å². The molecule has 0 aromatic heterocycles. The van der Waals surface area contributed by atoms with Crippen LogP contribution in [0.1, 0.15) is 43.0 Å². The maximum absolute atomic E-state index is 11.9. The van der Waals surface area contributed by atoms with Gasteiger partial charge in [0, 0.05) is 5.02 Å². The number of carbonyl (C=O) groups is 1. The Hall–Kier alpha value is -2.33. The van der Waals surface area contributed by atoms with E-state index >= 15 is 0 Å². The molecule has 0 bridgehead atoms. The van der Waals surface area contributed by atoms with Crippen molar-refractivity contribution in [3.63, 3.8) is 0 Å². The van der Waals surface area contributed by atoms with Crippen molar-refractivity contribution in [3.8, 4) is 5.75 Å².